The largest absolute Gasteiger partial charge is 0.497 e. The van der Waals surface area contributed by atoms with Crippen LogP contribution in [0.5, 0.6) is 11.5 Å². The van der Waals surface area contributed by atoms with E-state index < -0.39 is 10.0 Å². The summed E-state index contributed by atoms with van der Waals surface area (Å²) in [6.07, 6.45) is 2.87. The number of sulfonamides is 1. The minimum atomic E-state index is -3.54. The first-order chi connectivity index (χ1) is 15.9. The van der Waals surface area contributed by atoms with Crippen LogP contribution < -0.4 is 14.8 Å². The van der Waals surface area contributed by atoms with Crippen LogP contribution >= 0.6 is 0 Å². The predicted octanol–water partition coefficient (Wildman–Crippen LogP) is 4.39. The van der Waals surface area contributed by atoms with Crippen LogP contribution in [0.25, 0.3) is 11.3 Å². The number of hydrogen-bond acceptors (Lipinski definition) is 7. The molecule has 4 rings (SSSR count). The normalized spacial score (nSPS) is 14.6. The van der Waals surface area contributed by atoms with Gasteiger partial charge in [-0.3, -0.25) is 0 Å². The van der Waals surface area contributed by atoms with Gasteiger partial charge in [0, 0.05) is 42.5 Å². The molecule has 0 radical (unpaired) electrons. The maximum atomic E-state index is 13.2. The van der Waals surface area contributed by atoms with Gasteiger partial charge in [0.25, 0.3) is 0 Å². The quantitative estimate of drug-likeness (QED) is 0.550. The molecule has 1 N–H and O–H groups in total. The Morgan fingerprint density at radius 2 is 1.58 bits per heavy atom. The lowest BCUT2D eigenvalue weighted by Crippen LogP contribution is -2.35. The van der Waals surface area contributed by atoms with Crippen molar-refractivity contribution < 1.29 is 17.9 Å². The van der Waals surface area contributed by atoms with E-state index >= 15 is 0 Å². The number of nitrogens with one attached hydrogen (secondary N) is 1. The Morgan fingerprint density at radius 3 is 2.18 bits per heavy atom. The van der Waals surface area contributed by atoms with Gasteiger partial charge in [0.05, 0.1) is 24.8 Å². The minimum absolute atomic E-state index is 0.328. The van der Waals surface area contributed by atoms with Crippen molar-refractivity contribution in [3.05, 3.63) is 54.1 Å². The number of methoxy groups -OCH3 is 2. The zero-order chi connectivity index (χ0) is 23.4. The van der Waals surface area contributed by atoms with Crippen molar-refractivity contribution in [3.63, 3.8) is 0 Å². The topological polar surface area (TPSA) is 93.7 Å². The van der Waals surface area contributed by atoms with Crippen LogP contribution in [0.3, 0.4) is 0 Å². The van der Waals surface area contributed by atoms with Gasteiger partial charge >= 0.3 is 0 Å². The van der Waals surface area contributed by atoms with Crippen LogP contribution in [0.1, 0.15) is 24.8 Å². The first-order valence-corrected chi connectivity index (χ1v) is 12.3. The Kier molecular flexibility index (Phi) is 6.80. The Labute approximate surface area is 194 Å². The molecule has 1 aliphatic heterocycles. The van der Waals surface area contributed by atoms with E-state index in [2.05, 4.69) is 15.5 Å². The van der Waals surface area contributed by atoms with Crippen molar-refractivity contribution >= 4 is 21.5 Å². The van der Waals surface area contributed by atoms with Crippen molar-refractivity contribution in [2.45, 2.75) is 31.1 Å². The molecule has 0 saturated carbocycles. The molecule has 2 aromatic carbocycles. The molecule has 0 bridgehead atoms. The first kappa shape index (κ1) is 23.0. The number of hydrogen-bond donors (Lipinski definition) is 1. The second kappa shape index (κ2) is 9.76. The van der Waals surface area contributed by atoms with E-state index in [0.29, 0.717) is 46.6 Å². The molecular weight excluding hydrogens is 440 g/mol. The maximum Gasteiger partial charge on any atom is 0.243 e. The van der Waals surface area contributed by atoms with Crippen LogP contribution in [0.2, 0.25) is 0 Å². The summed E-state index contributed by atoms with van der Waals surface area (Å²) in [6, 6.07) is 14.4. The van der Waals surface area contributed by atoms with E-state index in [1.165, 1.54) is 0 Å². The molecule has 0 spiro atoms. The van der Waals surface area contributed by atoms with Crippen LogP contribution in [-0.4, -0.2) is 50.2 Å². The van der Waals surface area contributed by atoms with Crippen molar-refractivity contribution in [3.8, 4) is 22.8 Å². The summed E-state index contributed by atoms with van der Waals surface area (Å²) < 4.78 is 38.6. The fourth-order valence-corrected chi connectivity index (χ4v) is 5.63. The summed E-state index contributed by atoms with van der Waals surface area (Å²) in [6.45, 7) is 2.96. The number of anilines is 2. The SMILES string of the molecule is COc1cc(Nc2ccc(-c3ccc(C)c(S(=O)(=O)N4CCCCC4)c3)nn2)cc(OC)c1. The Morgan fingerprint density at radius 1 is 0.879 bits per heavy atom. The molecule has 174 valence electrons. The van der Waals surface area contributed by atoms with Gasteiger partial charge in [-0.2, -0.15) is 4.31 Å². The Bertz CT molecular complexity index is 1200. The fourth-order valence-electron chi connectivity index (χ4n) is 3.86. The van der Waals surface area contributed by atoms with Crippen molar-refractivity contribution in [2.75, 3.05) is 32.6 Å². The zero-order valence-corrected chi connectivity index (χ0v) is 19.9. The molecule has 3 aromatic rings. The lowest BCUT2D eigenvalue weighted by atomic mass is 10.1. The molecule has 1 saturated heterocycles. The molecule has 8 nitrogen and oxygen atoms in total. The molecule has 33 heavy (non-hydrogen) atoms. The summed E-state index contributed by atoms with van der Waals surface area (Å²) >= 11 is 0. The Balaban J connectivity index is 1.58. The third kappa shape index (κ3) is 5.09. The van der Waals surface area contributed by atoms with Crippen LogP contribution in [0, 0.1) is 6.92 Å². The Hall–Kier alpha value is -3.17. The van der Waals surface area contributed by atoms with E-state index in [-0.39, 0.29) is 0 Å². The highest BCUT2D eigenvalue weighted by Gasteiger charge is 2.27. The van der Waals surface area contributed by atoms with E-state index in [4.69, 9.17) is 9.47 Å². The van der Waals surface area contributed by atoms with Crippen LogP contribution in [0.15, 0.2) is 53.4 Å². The number of aryl methyl sites for hydroxylation is 1. The van der Waals surface area contributed by atoms with Crippen molar-refractivity contribution in [1.29, 1.82) is 0 Å². The summed E-state index contributed by atoms with van der Waals surface area (Å²) in [7, 11) is -0.353. The van der Waals surface area contributed by atoms with Gasteiger partial charge in [-0.25, -0.2) is 8.42 Å². The molecule has 0 unspecified atom stereocenters. The lowest BCUT2D eigenvalue weighted by Gasteiger charge is -2.26. The molecule has 1 fully saturated rings. The molecule has 0 amide bonds. The number of piperidine rings is 1. The van der Waals surface area contributed by atoms with Crippen LogP contribution in [0.4, 0.5) is 11.5 Å². The molecule has 2 heterocycles. The highest BCUT2D eigenvalue weighted by molar-refractivity contribution is 7.89. The predicted molar refractivity (Wildman–Crippen MR) is 128 cm³/mol. The van der Waals surface area contributed by atoms with Crippen molar-refractivity contribution in [2.24, 2.45) is 0 Å². The highest BCUT2D eigenvalue weighted by atomic mass is 32.2. The maximum absolute atomic E-state index is 13.2. The van der Waals surface area contributed by atoms with E-state index in [1.807, 2.05) is 37.3 Å². The summed E-state index contributed by atoms with van der Waals surface area (Å²) in [5, 5.41) is 11.8. The monoisotopic (exact) mass is 468 g/mol. The van der Waals surface area contributed by atoms with Crippen molar-refractivity contribution in [1.82, 2.24) is 14.5 Å². The van der Waals surface area contributed by atoms with Crippen LogP contribution in [-0.2, 0) is 10.0 Å². The second-order valence-electron chi connectivity index (χ2n) is 7.98. The third-order valence-electron chi connectivity index (χ3n) is 5.71. The van der Waals surface area contributed by atoms with Gasteiger partial charge in [0.1, 0.15) is 11.5 Å². The minimum Gasteiger partial charge on any atom is -0.497 e. The first-order valence-electron chi connectivity index (χ1n) is 10.9. The van der Waals surface area contributed by atoms with Gasteiger partial charge in [0.2, 0.25) is 10.0 Å². The molecule has 1 aromatic heterocycles. The van der Waals surface area contributed by atoms with Gasteiger partial charge in [-0.1, -0.05) is 18.6 Å². The standard InChI is InChI=1S/C24H28N4O4S/c1-17-7-8-18(13-23(17)33(29,30)28-11-5-4-6-12-28)22-9-10-24(27-26-22)25-19-14-20(31-2)16-21(15-19)32-3/h7-10,13-16H,4-6,11-12H2,1-3H3,(H,25,27). The van der Waals surface area contributed by atoms with Gasteiger partial charge in [-0.05, 0) is 43.5 Å². The molecule has 9 heteroatoms. The zero-order valence-electron chi connectivity index (χ0n) is 19.0. The fraction of sp³-hybridized carbons (Fsp3) is 0.333. The molecule has 0 atom stereocenters. The van der Waals surface area contributed by atoms with E-state index in [9.17, 15) is 8.42 Å². The number of rotatable bonds is 7. The summed E-state index contributed by atoms with van der Waals surface area (Å²) in [4.78, 5) is 0.328. The average molecular weight is 469 g/mol. The van der Waals surface area contributed by atoms with Gasteiger partial charge in [0.15, 0.2) is 5.82 Å². The second-order valence-corrected chi connectivity index (χ2v) is 9.88. The number of ether oxygens (including phenoxy) is 2. The summed E-state index contributed by atoms with van der Waals surface area (Å²) in [5.41, 5.74) is 2.78. The smallest absolute Gasteiger partial charge is 0.243 e. The number of aromatic nitrogens is 2. The number of benzene rings is 2. The van der Waals surface area contributed by atoms with Gasteiger partial charge in [-0.15, -0.1) is 10.2 Å². The van der Waals surface area contributed by atoms with E-state index in [0.717, 1.165) is 30.5 Å². The average Bonchev–Trinajstić information content (AvgIpc) is 2.85. The summed E-state index contributed by atoms with van der Waals surface area (Å²) in [5.74, 6) is 1.86. The molecular formula is C24H28N4O4S. The molecule has 1 aliphatic rings. The number of nitrogens with zero attached hydrogens (tertiary/aromatic N) is 3. The highest BCUT2D eigenvalue weighted by Crippen LogP contribution is 2.30. The van der Waals surface area contributed by atoms with Gasteiger partial charge < -0.3 is 14.8 Å². The van der Waals surface area contributed by atoms with E-state index in [1.54, 1.807) is 36.7 Å². The lowest BCUT2D eigenvalue weighted by molar-refractivity contribution is 0.346. The third-order valence-corrected chi connectivity index (χ3v) is 7.75. The molecule has 0 aliphatic carbocycles.